The maximum absolute atomic E-state index is 11.1. The van der Waals surface area contributed by atoms with Gasteiger partial charge in [-0.3, -0.25) is 19.2 Å². The second kappa shape index (κ2) is 26.4. The molecular weight excluding hydrogens is 688 g/mol. The molecule has 0 aliphatic rings. The van der Waals surface area contributed by atoms with E-state index in [1.165, 1.54) is 28.4 Å². The second-order valence-electron chi connectivity index (χ2n) is 10.3. The number of methoxy groups -OCH3 is 4. The molecule has 0 unspecified atom stereocenters. The first-order chi connectivity index (χ1) is 22.2. The Hall–Kier alpha value is -3.53. The summed E-state index contributed by atoms with van der Waals surface area (Å²) in [4.78, 5) is 87.1. The average molecular weight is 741 g/mol. The largest absolute Gasteiger partial charge is 4.00 e. The first-order valence-corrected chi connectivity index (χ1v) is 15.4. The summed E-state index contributed by atoms with van der Waals surface area (Å²) in [6.45, 7) is 13.0. The van der Waals surface area contributed by atoms with Gasteiger partial charge >= 0.3 is 45.6 Å². The molecule has 17 heteroatoms. The molecule has 49 heavy (non-hydrogen) atoms. The van der Waals surface area contributed by atoms with E-state index in [2.05, 4.69) is 18.9 Å². The standard InChI is InChI=1S/4C8H14O4.Ti/c4*1-4-8(5-2,6(9)10)7(11)12-3;/h4*4-5H2,1-3H3,(H,9,10);/q;;;;+4/p-4. The van der Waals surface area contributed by atoms with Gasteiger partial charge in [-0.05, 0) is 51.4 Å². The maximum atomic E-state index is 11.1. The van der Waals surface area contributed by atoms with Gasteiger partial charge in [-0.25, -0.2) is 0 Å². The van der Waals surface area contributed by atoms with Crippen molar-refractivity contribution in [3.63, 3.8) is 0 Å². The number of carbonyl (C=O) groups is 8. The number of hydrogen-bond acceptors (Lipinski definition) is 16. The zero-order chi connectivity index (χ0) is 39.1. The molecule has 0 atom stereocenters. The van der Waals surface area contributed by atoms with Gasteiger partial charge in [0, 0.05) is 0 Å². The molecular formula is C32H52O16Ti. The molecule has 0 saturated carbocycles. The molecule has 0 aliphatic carbocycles. The molecule has 0 aromatic rings. The van der Waals surface area contributed by atoms with Crippen molar-refractivity contribution in [2.45, 2.75) is 107 Å². The Morgan fingerprint density at radius 2 is 0.449 bits per heavy atom. The molecule has 0 spiro atoms. The molecule has 0 rings (SSSR count). The molecule has 0 bridgehead atoms. The normalized spacial score (nSPS) is 10.7. The van der Waals surface area contributed by atoms with Crippen LogP contribution < -0.4 is 20.4 Å². The Morgan fingerprint density at radius 3 is 0.469 bits per heavy atom. The first-order valence-electron chi connectivity index (χ1n) is 15.4. The Kier molecular flexibility index (Phi) is 29.5. The molecule has 0 aliphatic heterocycles. The smallest absolute Gasteiger partial charge is 0.549 e. The van der Waals surface area contributed by atoms with Gasteiger partial charge in [0.1, 0.15) is 21.7 Å². The van der Waals surface area contributed by atoms with E-state index in [0.29, 0.717) is 0 Å². The molecule has 16 nitrogen and oxygen atoms in total. The van der Waals surface area contributed by atoms with Crippen LogP contribution >= 0.6 is 0 Å². The number of carbonyl (C=O) groups excluding carboxylic acids is 8. The summed E-state index contributed by atoms with van der Waals surface area (Å²) in [6.07, 6.45) is 1.54. The van der Waals surface area contributed by atoms with Gasteiger partial charge in [0.2, 0.25) is 0 Å². The summed E-state index contributed by atoms with van der Waals surface area (Å²) in [5.41, 5.74) is -5.85. The number of ether oxygens (including phenoxy) is 4. The van der Waals surface area contributed by atoms with Crippen LogP contribution in [0.5, 0.6) is 0 Å². The number of aliphatic carboxylic acids is 4. The molecule has 0 aromatic heterocycles. The summed E-state index contributed by atoms with van der Waals surface area (Å²) in [6, 6.07) is 0. The van der Waals surface area contributed by atoms with Crippen LogP contribution in [0, 0.1) is 21.7 Å². The molecule has 0 amide bonds. The zero-order valence-electron chi connectivity index (χ0n) is 30.7. The van der Waals surface area contributed by atoms with Crippen LogP contribution in [0.1, 0.15) is 107 Å². The predicted octanol–water partition coefficient (Wildman–Crippen LogP) is -1.14. The third-order valence-electron chi connectivity index (χ3n) is 8.70. The van der Waals surface area contributed by atoms with Crippen molar-refractivity contribution in [2.75, 3.05) is 28.4 Å². The van der Waals surface area contributed by atoms with Crippen molar-refractivity contribution >= 4 is 47.8 Å². The Morgan fingerprint density at radius 1 is 0.347 bits per heavy atom. The van der Waals surface area contributed by atoms with Crippen LogP contribution in [-0.4, -0.2) is 76.2 Å². The van der Waals surface area contributed by atoms with Crippen molar-refractivity contribution in [1.82, 2.24) is 0 Å². The summed E-state index contributed by atoms with van der Waals surface area (Å²) < 4.78 is 17.6. The van der Waals surface area contributed by atoms with Crippen LogP contribution in [0.15, 0.2) is 0 Å². The molecule has 0 N–H and O–H groups in total. The summed E-state index contributed by atoms with van der Waals surface area (Å²) >= 11 is 0. The molecule has 0 heterocycles. The minimum Gasteiger partial charge on any atom is -0.549 e. The van der Waals surface area contributed by atoms with E-state index in [4.69, 9.17) is 0 Å². The molecule has 0 saturated heterocycles. The topological polar surface area (TPSA) is 266 Å². The number of rotatable bonds is 16. The van der Waals surface area contributed by atoms with E-state index in [1.54, 1.807) is 55.4 Å². The Bertz CT molecular complexity index is 901. The van der Waals surface area contributed by atoms with Crippen LogP contribution in [0.2, 0.25) is 0 Å². The van der Waals surface area contributed by atoms with Gasteiger partial charge in [0.25, 0.3) is 0 Å². The van der Waals surface area contributed by atoms with Crippen molar-refractivity contribution in [1.29, 1.82) is 0 Å². The van der Waals surface area contributed by atoms with Crippen molar-refractivity contribution in [3.05, 3.63) is 0 Å². The third kappa shape index (κ3) is 13.7. The molecule has 280 valence electrons. The summed E-state index contributed by atoms with van der Waals surface area (Å²) in [5.74, 6) is -8.36. The van der Waals surface area contributed by atoms with E-state index in [9.17, 15) is 58.8 Å². The van der Waals surface area contributed by atoms with Gasteiger partial charge in [0.15, 0.2) is 0 Å². The van der Waals surface area contributed by atoms with Gasteiger partial charge in [-0.2, -0.15) is 0 Å². The van der Waals surface area contributed by atoms with Crippen LogP contribution in [-0.2, 0) is 79.0 Å². The third-order valence-corrected chi connectivity index (χ3v) is 8.70. The summed E-state index contributed by atoms with van der Waals surface area (Å²) in [7, 11) is 4.69. The van der Waals surface area contributed by atoms with Crippen molar-refractivity contribution < 1.29 is 99.4 Å². The fourth-order valence-corrected chi connectivity index (χ4v) is 4.42. The fraction of sp³-hybridized carbons (Fsp3) is 0.750. The van der Waals surface area contributed by atoms with E-state index in [-0.39, 0.29) is 73.1 Å². The van der Waals surface area contributed by atoms with Gasteiger partial charge in [0.05, 0.1) is 52.3 Å². The maximum Gasteiger partial charge on any atom is 4.00 e. The SMILES string of the molecule is CCC(CC)(C(=O)[O-])C(=O)OC.CCC(CC)(C(=O)[O-])C(=O)OC.CCC(CC)(C(=O)[O-])C(=O)OC.CCC(CC)(C(=O)[O-])C(=O)OC.[Ti+4]. The predicted molar refractivity (Wildman–Crippen MR) is 160 cm³/mol. The van der Waals surface area contributed by atoms with Crippen LogP contribution in [0.25, 0.3) is 0 Å². The van der Waals surface area contributed by atoms with E-state index in [1.807, 2.05) is 0 Å². The van der Waals surface area contributed by atoms with Gasteiger partial charge in [-0.15, -0.1) is 0 Å². The minimum absolute atomic E-state index is 0. The number of carboxylic acids is 4. The minimum atomic E-state index is -1.46. The number of esters is 4. The van der Waals surface area contributed by atoms with Crippen LogP contribution in [0.4, 0.5) is 0 Å². The fourth-order valence-electron chi connectivity index (χ4n) is 4.42. The number of hydrogen-bond donors (Lipinski definition) is 0. The van der Waals surface area contributed by atoms with Crippen LogP contribution in [0.3, 0.4) is 0 Å². The summed E-state index contributed by atoms with van der Waals surface area (Å²) in [5, 5.41) is 42.7. The monoisotopic (exact) mass is 740 g/mol. The quantitative estimate of drug-likeness (QED) is 0.0783. The van der Waals surface area contributed by atoms with E-state index in [0.717, 1.165) is 0 Å². The van der Waals surface area contributed by atoms with Crippen molar-refractivity contribution in [3.8, 4) is 0 Å². The second-order valence-corrected chi connectivity index (χ2v) is 10.3. The zero-order valence-corrected chi connectivity index (χ0v) is 32.3. The molecule has 0 aromatic carbocycles. The van der Waals surface area contributed by atoms with Gasteiger partial charge in [-0.1, -0.05) is 55.4 Å². The Labute approximate surface area is 303 Å². The van der Waals surface area contributed by atoms with E-state index < -0.39 is 69.4 Å². The molecule has 0 radical (unpaired) electrons. The van der Waals surface area contributed by atoms with Gasteiger partial charge < -0.3 is 58.6 Å². The average Bonchev–Trinajstić information content (AvgIpc) is 3.07. The number of carboxylic acid groups (broad SMARTS) is 4. The van der Waals surface area contributed by atoms with E-state index >= 15 is 0 Å². The van der Waals surface area contributed by atoms with Crippen molar-refractivity contribution in [2.24, 2.45) is 21.7 Å². The Balaban J connectivity index is -0.000000174. The molecule has 0 fully saturated rings. The first kappa shape index (κ1) is 54.9.